The predicted octanol–water partition coefficient (Wildman–Crippen LogP) is 2.77. The third kappa shape index (κ3) is 4.62. The van der Waals surface area contributed by atoms with E-state index in [2.05, 4.69) is 25.9 Å². The molecule has 3 saturated heterocycles. The molecule has 5 heterocycles. The molecule has 0 bridgehead atoms. The number of β-amino-alcohol motifs (C(OH)–C–C–N with tert-alkyl or cyclic N) is 1. The van der Waals surface area contributed by atoms with Gasteiger partial charge in [-0.05, 0) is 37.5 Å². The van der Waals surface area contributed by atoms with Crippen LogP contribution in [0.1, 0.15) is 25.0 Å². The van der Waals surface area contributed by atoms with Crippen molar-refractivity contribution >= 4 is 16.8 Å². The van der Waals surface area contributed by atoms with Gasteiger partial charge in [-0.1, -0.05) is 23.4 Å². The highest BCUT2D eigenvalue weighted by molar-refractivity contribution is 5.88. The van der Waals surface area contributed by atoms with E-state index in [1.165, 1.54) is 12.8 Å². The second-order valence-corrected chi connectivity index (χ2v) is 10.00. The summed E-state index contributed by atoms with van der Waals surface area (Å²) < 4.78 is 11.7. The average molecular weight is 464 g/mol. The number of aromatic nitrogens is 2. The molecule has 0 radical (unpaired) electrons. The summed E-state index contributed by atoms with van der Waals surface area (Å²) >= 11 is 0. The number of rotatable bonds is 6. The van der Waals surface area contributed by atoms with Crippen LogP contribution >= 0.6 is 0 Å². The van der Waals surface area contributed by atoms with Crippen LogP contribution in [0.15, 0.2) is 47.0 Å². The molecule has 180 valence electrons. The number of anilines is 1. The molecule has 3 aliphatic rings. The van der Waals surface area contributed by atoms with Gasteiger partial charge in [0.25, 0.3) is 0 Å². The molecule has 1 N–H and O–H groups in total. The highest BCUT2D eigenvalue weighted by Gasteiger charge is 2.34. The van der Waals surface area contributed by atoms with E-state index in [1.807, 2.05) is 36.4 Å². The first-order chi connectivity index (χ1) is 16.7. The standard InChI is InChI=1S/C26H33N5O3/c32-22-10-11-29(17-22)15-20-4-3-7-25(27-20)33-18-19-8-9-21-16-31(13-12-30(21)14-19)26-23-5-1-2-6-24(23)34-28-26/h1-7,19,21-22,32H,8-18H2/t19-,21+,22+/m1/s1. The number of piperidine rings is 1. The Morgan fingerprint density at radius 2 is 1.91 bits per heavy atom. The van der Waals surface area contributed by atoms with E-state index < -0.39 is 0 Å². The molecule has 3 fully saturated rings. The fourth-order valence-electron chi connectivity index (χ4n) is 5.70. The molecule has 3 aliphatic heterocycles. The van der Waals surface area contributed by atoms with Crippen LogP contribution in [-0.2, 0) is 6.54 Å². The zero-order chi connectivity index (χ0) is 22.9. The Morgan fingerprint density at radius 1 is 0.971 bits per heavy atom. The smallest absolute Gasteiger partial charge is 0.213 e. The maximum atomic E-state index is 9.75. The lowest BCUT2D eigenvalue weighted by atomic mass is 9.91. The highest BCUT2D eigenvalue weighted by Crippen LogP contribution is 2.31. The Morgan fingerprint density at radius 3 is 2.82 bits per heavy atom. The molecule has 6 rings (SSSR count). The van der Waals surface area contributed by atoms with Crippen LogP contribution in [0.2, 0.25) is 0 Å². The van der Waals surface area contributed by atoms with E-state index in [1.54, 1.807) is 0 Å². The van der Waals surface area contributed by atoms with Crippen LogP contribution < -0.4 is 9.64 Å². The number of pyridine rings is 1. The molecule has 0 unspecified atom stereocenters. The van der Waals surface area contributed by atoms with Crippen LogP contribution in [0.25, 0.3) is 11.0 Å². The van der Waals surface area contributed by atoms with Gasteiger partial charge in [-0.2, -0.15) is 0 Å². The number of benzene rings is 1. The highest BCUT2D eigenvalue weighted by atomic mass is 16.5. The summed E-state index contributed by atoms with van der Waals surface area (Å²) in [6.07, 6.45) is 2.99. The van der Waals surface area contributed by atoms with Gasteiger partial charge in [0.15, 0.2) is 11.4 Å². The normalized spacial score (nSPS) is 26.1. The number of hydrogen-bond donors (Lipinski definition) is 1. The van der Waals surface area contributed by atoms with Gasteiger partial charge < -0.3 is 19.3 Å². The maximum absolute atomic E-state index is 9.75. The number of hydrogen-bond acceptors (Lipinski definition) is 8. The third-order valence-electron chi connectivity index (χ3n) is 7.54. The number of fused-ring (bicyclic) bond motifs is 2. The molecule has 34 heavy (non-hydrogen) atoms. The number of piperazine rings is 1. The van der Waals surface area contributed by atoms with Gasteiger partial charge in [-0.3, -0.25) is 9.80 Å². The number of aliphatic hydroxyl groups is 1. The van der Waals surface area contributed by atoms with E-state index in [-0.39, 0.29) is 6.10 Å². The minimum Gasteiger partial charge on any atom is -0.477 e. The van der Waals surface area contributed by atoms with Crippen LogP contribution in [0.4, 0.5) is 5.82 Å². The quantitative estimate of drug-likeness (QED) is 0.598. The van der Waals surface area contributed by atoms with Crippen LogP contribution in [0, 0.1) is 5.92 Å². The van der Waals surface area contributed by atoms with Gasteiger partial charge >= 0.3 is 0 Å². The first-order valence-electron chi connectivity index (χ1n) is 12.5. The molecule has 1 aromatic carbocycles. The Hall–Kier alpha value is -2.68. The summed E-state index contributed by atoms with van der Waals surface area (Å²) in [5.74, 6) is 2.21. The van der Waals surface area contributed by atoms with Gasteiger partial charge in [0.2, 0.25) is 5.88 Å². The van der Waals surface area contributed by atoms with Crippen molar-refractivity contribution < 1.29 is 14.4 Å². The lowest BCUT2D eigenvalue weighted by Gasteiger charge is -2.46. The Balaban J connectivity index is 1.01. The minimum atomic E-state index is -0.202. The Kier molecular flexibility index (Phi) is 6.11. The van der Waals surface area contributed by atoms with Crippen molar-refractivity contribution in [1.29, 1.82) is 0 Å². The molecule has 0 amide bonds. The second-order valence-electron chi connectivity index (χ2n) is 10.00. The fourth-order valence-corrected chi connectivity index (χ4v) is 5.70. The summed E-state index contributed by atoms with van der Waals surface area (Å²) in [4.78, 5) is 12.0. The van der Waals surface area contributed by atoms with E-state index in [9.17, 15) is 5.11 Å². The lowest BCUT2D eigenvalue weighted by Crippen LogP contribution is -2.57. The van der Waals surface area contributed by atoms with E-state index >= 15 is 0 Å². The van der Waals surface area contributed by atoms with E-state index in [0.717, 1.165) is 74.7 Å². The van der Waals surface area contributed by atoms with Crippen molar-refractivity contribution in [1.82, 2.24) is 19.9 Å². The molecule has 2 aromatic heterocycles. The fraction of sp³-hybridized carbons (Fsp3) is 0.538. The molecule has 8 nitrogen and oxygen atoms in total. The van der Waals surface area contributed by atoms with Crippen molar-refractivity contribution in [2.75, 3.05) is 50.8 Å². The Bertz CT molecular complexity index is 1120. The molecule has 0 spiro atoms. The second kappa shape index (κ2) is 9.52. The van der Waals surface area contributed by atoms with Crippen molar-refractivity contribution in [2.45, 2.75) is 38.0 Å². The summed E-state index contributed by atoms with van der Waals surface area (Å²) in [6.45, 7) is 7.22. The molecule has 3 aromatic rings. The van der Waals surface area contributed by atoms with Crippen molar-refractivity contribution in [3.63, 3.8) is 0 Å². The average Bonchev–Trinajstić information content (AvgIpc) is 3.48. The first kappa shape index (κ1) is 21.8. The van der Waals surface area contributed by atoms with Gasteiger partial charge in [0.05, 0.1) is 23.8 Å². The molecule has 3 atom stereocenters. The van der Waals surface area contributed by atoms with E-state index in [4.69, 9.17) is 14.2 Å². The van der Waals surface area contributed by atoms with Crippen molar-refractivity contribution in [3.05, 3.63) is 48.2 Å². The number of para-hydroxylation sites is 1. The number of likely N-dealkylation sites (tertiary alicyclic amines) is 1. The van der Waals surface area contributed by atoms with Crippen molar-refractivity contribution in [3.8, 4) is 5.88 Å². The zero-order valence-corrected chi connectivity index (χ0v) is 19.6. The molecular weight excluding hydrogens is 430 g/mol. The topological polar surface area (TPSA) is 78.1 Å². The zero-order valence-electron chi connectivity index (χ0n) is 19.6. The predicted molar refractivity (Wildman–Crippen MR) is 130 cm³/mol. The molecule has 0 saturated carbocycles. The maximum Gasteiger partial charge on any atom is 0.213 e. The van der Waals surface area contributed by atoms with Crippen LogP contribution in [0.3, 0.4) is 0 Å². The van der Waals surface area contributed by atoms with Gasteiger partial charge in [-0.25, -0.2) is 4.98 Å². The van der Waals surface area contributed by atoms with Gasteiger partial charge in [0.1, 0.15) is 0 Å². The van der Waals surface area contributed by atoms with Gasteiger partial charge in [0, 0.05) is 63.8 Å². The molecule has 0 aliphatic carbocycles. The first-order valence-corrected chi connectivity index (χ1v) is 12.5. The largest absolute Gasteiger partial charge is 0.477 e. The summed E-state index contributed by atoms with van der Waals surface area (Å²) in [5.41, 5.74) is 1.86. The summed E-state index contributed by atoms with van der Waals surface area (Å²) in [5, 5.41) is 15.2. The number of ether oxygens (including phenoxy) is 1. The van der Waals surface area contributed by atoms with Gasteiger partial charge in [-0.15, -0.1) is 0 Å². The van der Waals surface area contributed by atoms with Crippen molar-refractivity contribution in [2.24, 2.45) is 5.92 Å². The van der Waals surface area contributed by atoms with Crippen LogP contribution in [-0.4, -0.2) is 83.1 Å². The third-order valence-corrected chi connectivity index (χ3v) is 7.54. The number of nitrogens with zero attached hydrogens (tertiary/aromatic N) is 5. The van der Waals surface area contributed by atoms with E-state index in [0.29, 0.717) is 24.4 Å². The monoisotopic (exact) mass is 463 g/mol. The molecule has 8 heteroatoms. The molecular formula is C26H33N5O3. The summed E-state index contributed by atoms with van der Waals surface area (Å²) in [6, 6.07) is 14.7. The SMILES string of the molecule is O[C@H]1CCN(Cc2cccc(OC[C@@H]3CC[C@H]4CN(c5noc6ccccc56)CCN4C3)n2)C1. The number of aliphatic hydroxyl groups excluding tert-OH is 1. The Labute approximate surface area is 200 Å². The lowest BCUT2D eigenvalue weighted by molar-refractivity contribution is 0.0716. The summed E-state index contributed by atoms with van der Waals surface area (Å²) in [7, 11) is 0. The minimum absolute atomic E-state index is 0.202. The van der Waals surface area contributed by atoms with Crippen LogP contribution in [0.5, 0.6) is 5.88 Å².